The van der Waals surface area contributed by atoms with Gasteiger partial charge in [-0.05, 0) is 18.8 Å². The Kier molecular flexibility index (Phi) is 8.41. The number of carboxylic acids is 1. The maximum Gasteiger partial charge on any atom is 0.349 e. The molecule has 0 radical (unpaired) electrons. The number of carboxylic acid groups (broad SMARTS) is 1. The van der Waals surface area contributed by atoms with E-state index in [2.05, 4.69) is 6.92 Å². The highest BCUT2D eigenvalue weighted by Gasteiger charge is 2.33. The maximum absolute atomic E-state index is 11.6. The number of carbonyl (C=O) groups is 1. The molecular formula is C18H24N2O6. The number of nitro groups is 2. The van der Waals surface area contributed by atoms with Gasteiger partial charge >= 0.3 is 17.3 Å². The predicted octanol–water partition coefficient (Wildman–Crippen LogP) is 4.76. The second-order valence-corrected chi connectivity index (χ2v) is 6.22. The van der Waals surface area contributed by atoms with Crippen molar-refractivity contribution in [2.45, 2.75) is 58.3 Å². The molecule has 1 N–H and O–H groups in total. The number of unbranched alkanes of at least 4 members (excludes halogenated alkanes) is 3. The molecule has 26 heavy (non-hydrogen) atoms. The van der Waals surface area contributed by atoms with Gasteiger partial charge in [-0.2, -0.15) is 0 Å². The summed E-state index contributed by atoms with van der Waals surface area (Å²) < 4.78 is 0. The van der Waals surface area contributed by atoms with Crippen LogP contribution >= 0.6 is 0 Å². The number of hydrogen-bond donors (Lipinski definition) is 1. The van der Waals surface area contributed by atoms with E-state index in [1.165, 1.54) is 12.1 Å². The van der Waals surface area contributed by atoms with Crippen molar-refractivity contribution < 1.29 is 19.7 Å². The molecule has 1 rings (SSSR count). The summed E-state index contributed by atoms with van der Waals surface area (Å²) in [5, 5.41) is 31.7. The van der Waals surface area contributed by atoms with E-state index in [-0.39, 0.29) is 17.9 Å². The van der Waals surface area contributed by atoms with Crippen LogP contribution in [-0.4, -0.2) is 20.9 Å². The minimum Gasteiger partial charge on any atom is -0.478 e. The first-order chi connectivity index (χ1) is 12.3. The minimum atomic E-state index is -1.18. The summed E-state index contributed by atoms with van der Waals surface area (Å²) in [6.45, 7) is 3.93. The van der Waals surface area contributed by atoms with E-state index >= 15 is 0 Å². The van der Waals surface area contributed by atoms with Crippen LogP contribution in [0.4, 0.5) is 11.4 Å². The topological polar surface area (TPSA) is 124 Å². The predicted molar refractivity (Wildman–Crippen MR) is 97.4 cm³/mol. The zero-order valence-corrected chi connectivity index (χ0v) is 15.0. The number of nitro benzene ring substituents is 2. The molecule has 0 aromatic heterocycles. The van der Waals surface area contributed by atoms with E-state index in [1.54, 1.807) is 6.07 Å². The van der Waals surface area contributed by atoms with Crippen LogP contribution in [0.5, 0.6) is 0 Å². The minimum absolute atomic E-state index is 0.0609. The van der Waals surface area contributed by atoms with Gasteiger partial charge in [0.05, 0.1) is 9.85 Å². The lowest BCUT2D eigenvalue weighted by atomic mass is 9.91. The van der Waals surface area contributed by atoms with Gasteiger partial charge in [-0.25, -0.2) is 4.79 Å². The molecule has 0 aliphatic carbocycles. The van der Waals surface area contributed by atoms with E-state index in [1.807, 2.05) is 6.92 Å². The standard InChI is InChI=1S/C18H24N2O6/c1-3-4-5-6-8-13(2)15-12-11-14(9-7-10-16(21)22)17(19(23)24)18(15)20(25)26/h7,10-13H,3-6,8-9H2,1-2H3,(H,21,22)/b10-7+. The van der Waals surface area contributed by atoms with Gasteiger partial charge in [0.15, 0.2) is 0 Å². The molecule has 0 saturated heterocycles. The quantitative estimate of drug-likeness (QED) is 0.261. The molecule has 1 aromatic carbocycles. The monoisotopic (exact) mass is 364 g/mol. The van der Waals surface area contributed by atoms with Crippen LogP contribution in [0.2, 0.25) is 0 Å². The van der Waals surface area contributed by atoms with E-state index < -0.39 is 27.2 Å². The third kappa shape index (κ3) is 5.94. The molecular weight excluding hydrogens is 340 g/mol. The fourth-order valence-electron chi connectivity index (χ4n) is 2.91. The summed E-state index contributed by atoms with van der Waals surface area (Å²) in [7, 11) is 0. The van der Waals surface area contributed by atoms with Crippen LogP contribution in [0.15, 0.2) is 24.3 Å². The van der Waals surface area contributed by atoms with Gasteiger partial charge in [-0.15, -0.1) is 0 Å². The Morgan fingerprint density at radius 2 is 1.81 bits per heavy atom. The van der Waals surface area contributed by atoms with Crippen molar-refractivity contribution in [1.82, 2.24) is 0 Å². The summed E-state index contributed by atoms with van der Waals surface area (Å²) in [5.74, 6) is -1.35. The molecule has 0 heterocycles. The molecule has 8 nitrogen and oxygen atoms in total. The van der Waals surface area contributed by atoms with Crippen molar-refractivity contribution >= 4 is 17.3 Å². The van der Waals surface area contributed by atoms with E-state index in [9.17, 15) is 25.0 Å². The Hall–Kier alpha value is -2.77. The van der Waals surface area contributed by atoms with Crippen LogP contribution in [0, 0.1) is 20.2 Å². The van der Waals surface area contributed by atoms with Gasteiger partial charge in [0.25, 0.3) is 0 Å². The van der Waals surface area contributed by atoms with E-state index in [0.29, 0.717) is 5.56 Å². The number of benzene rings is 1. The van der Waals surface area contributed by atoms with Crippen molar-refractivity contribution in [3.05, 3.63) is 55.6 Å². The van der Waals surface area contributed by atoms with Crippen LogP contribution in [0.25, 0.3) is 0 Å². The van der Waals surface area contributed by atoms with Crippen molar-refractivity contribution in [3.8, 4) is 0 Å². The lowest BCUT2D eigenvalue weighted by Gasteiger charge is -2.13. The van der Waals surface area contributed by atoms with Crippen LogP contribution in [0.1, 0.15) is 63.0 Å². The molecule has 0 aliphatic rings. The molecule has 0 saturated carbocycles. The molecule has 142 valence electrons. The lowest BCUT2D eigenvalue weighted by molar-refractivity contribution is -0.423. The first-order valence-electron chi connectivity index (χ1n) is 8.63. The Bertz CT molecular complexity index is 699. The molecule has 0 bridgehead atoms. The average Bonchev–Trinajstić information content (AvgIpc) is 2.57. The van der Waals surface area contributed by atoms with Crippen LogP contribution in [-0.2, 0) is 11.2 Å². The molecule has 8 heteroatoms. The lowest BCUT2D eigenvalue weighted by Crippen LogP contribution is -2.07. The summed E-state index contributed by atoms with van der Waals surface area (Å²) in [6, 6.07) is 3.04. The summed E-state index contributed by atoms with van der Waals surface area (Å²) in [6.07, 6.45) is 6.85. The second-order valence-electron chi connectivity index (χ2n) is 6.22. The van der Waals surface area contributed by atoms with Crippen molar-refractivity contribution in [3.63, 3.8) is 0 Å². The zero-order valence-electron chi connectivity index (χ0n) is 15.0. The zero-order chi connectivity index (χ0) is 19.7. The Balaban J connectivity index is 3.23. The van der Waals surface area contributed by atoms with Gasteiger partial charge in [0, 0.05) is 17.2 Å². The molecule has 0 aliphatic heterocycles. The van der Waals surface area contributed by atoms with Crippen molar-refractivity contribution in [2.24, 2.45) is 0 Å². The van der Waals surface area contributed by atoms with Gasteiger partial charge in [0.2, 0.25) is 0 Å². The van der Waals surface area contributed by atoms with Crippen molar-refractivity contribution in [1.29, 1.82) is 0 Å². The highest BCUT2D eigenvalue weighted by atomic mass is 16.6. The summed E-state index contributed by atoms with van der Waals surface area (Å²) >= 11 is 0. The Morgan fingerprint density at radius 3 is 2.35 bits per heavy atom. The van der Waals surface area contributed by atoms with E-state index in [4.69, 9.17) is 5.11 Å². The SMILES string of the molecule is CCCCCCC(C)c1ccc(C/C=C/C(=O)O)c([N+](=O)[O-])c1[N+](=O)[O-]. The number of hydrogen-bond acceptors (Lipinski definition) is 5. The summed E-state index contributed by atoms with van der Waals surface area (Å²) in [4.78, 5) is 32.1. The Labute approximate surface area is 151 Å². The molecule has 0 spiro atoms. The smallest absolute Gasteiger partial charge is 0.349 e. The second kappa shape index (κ2) is 10.3. The number of allylic oxidation sites excluding steroid dienone is 1. The Morgan fingerprint density at radius 1 is 1.15 bits per heavy atom. The number of aliphatic carboxylic acids is 1. The first-order valence-corrected chi connectivity index (χ1v) is 8.63. The first kappa shape index (κ1) is 21.3. The molecule has 0 amide bonds. The average molecular weight is 364 g/mol. The largest absolute Gasteiger partial charge is 0.478 e. The van der Waals surface area contributed by atoms with Crippen LogP contribution < -0.4 is 0 Å². The van der Waals surface area contributed by atoms with E-state index in [0.717, 1.165) is 38.2 Å². The fraction of sp³-hybridized carbons (Fsp3) is 0.500. The third-order valence-electron chi connectivity index (χ3n) is 4.25. The van der Waals surface area contributed by atoms with Gasteiger partial charge in [-0.1, -0.05) is 57.7 Å². The highest BCUT2D eigenvalue weighted by Crippen LogP contribution is 2.39. The maximum atomic E-state index is 11.6. The van der Waals surface area contributed by atoms with Crippen LogP contribution in [0.3, 0.4) is 0 Å². The van der Waals surface area contributed by atoms with Gasteiger partial charge < -0.3 is 5.11 Å². The number of rotatable bonds is 11. The normalized spacial score (nSPS) is 12.2. The molecule has 1 atom stereocenters. The summed E-state index contributed by atoms with van der Waals surface area (Å²) in [5.41, 5.74) is -0.563. The highest BCUT2D eigenvalue weighted by molar-refractivity contribution is 5.79. The fourth-order valence-corrected chi connectivity index (χ4v) is 2.91. The molecule has 1 unspecified atom stereocenters. The number of nitrogens with zero attached hydrogens (tertiary/aromatic N) is 2. The van der Waals surface area contributed by atoms with Crippen molar-refractivity contribution in [2.75, 3.05) is 0 Å². The third-order valence-corrected chi connectivity index (χ3v) is 4.25. The molecule has 1 aromatic rings. The molecule has 0 fully saturated rings. The van der Waals surface area contributed by atoms with Gasteiger partial charge in [-0.3, -0.25) is 20.2 Å². The van der Waals surface area contributed by atoms with Gasteiger partial charge in [0.1, 0.15) is 0 Å².